The largest absolute Gasteiger partial charge is 0.309 e. The number of rotatable bonds is 3. The molecule has 0 heterocycles. The van der Waals surface area contributed by atoms with Gasteiger partial charge in [-0.3, -0.25) is 0 Å². The van der Waals surface area contributed by atoms with Crippen LogP contribution in [-0.4, -0.2) is 31.3 Å². The van der Waals surface area contributed by atoms with E-state index in [9.17, 15) is 0 Å². The summed E-state index contributed by atoms with van der Waals surface area (Å²) >= 11 is 4.25. The van der Waals surface area contributed by atoms with E-state index in [2.05, 4.69) is 45.5 Å². The minimum atomic E-state index is 0.354. The third kappa shape index (κ3) is 4.79. The van der Waals surface area contributed by atoms with Crippen LogP contribution in [0, 0.1) is 5.41 Å². The predicted octanol–water partition coefficient (Wildman–Crippen LogP) is 1.50. The molecule has 0 amide bonds. The lowest BCUT2D eigenvalue weighted by Gasteiger charge is -2.25. The topological polar surface area (TPSA) is 3.24 Å². The van der Waals surface area contributed by atoms with Gasteiger partial charge in [0, 0.05) is 6.54 Å². The standard InChI is InChI=1S/C7H17NS/c1-7(2,6-9)5-8(3)4/h9H,5-6H2,1-4H3. The van der Waals surface area contributed by atoms with Crippen LogP contribution in [0.5, 0.6) is 0 Å². The first kappa shape index (κ1) is 9.31. The molecule has 1 nitrogen and oxygen atoms in total. The van der Waals surface area contributed by atoms with Gasteiger partial charge in [0.2, 0.25) is 0 Å². The lowest BCUT2D eigenvalue weighted by molar-refractivity contribution is 0.268. The zero-order chi connectivity index (χ0) is 7.49. The van der Waals surface area contributed by atoms with E-state index in [1.54, 1.807) is 0 Å². The predicted molar refractivity (Wildman–Crippen MR) is 46.2 cm³/mol. The van der Waals surface area contributed by atoms with Crippen molar-refractivity contribution >= 4 is 12.6 Å². The Labute approximate surface area is 63.8 Å². The molecule has 0 bridgehead atoms. The van der Waals surface area contributed by atoms with E-state index in [0.29, 0.717) is 5.41 Å². The van der Waals surface area contributed by atoms with E-state index in [1.807, 2.05) is 0 Å². The van der Waals surface area contributed by atoms with E-state index in [1.165, 1.54) is 0 Å². The molecule has 0 rings (SSSR count). The minimum Gasteiger partial charge on any atom is -0.309 e. The first-order valence-electron chi connectivity index (χ1n) is 3.23. The summed E-state index contributed by atoms with van der Waals surface area (Å²) < 4.78 is 0. The van der Waals surface area contributed by atoms with Crippen LogP contribution in [0.25, 0.3) is 0 Å². The van der Waals surface area contributed by atoms with Crippen molar-refractivity contribution in [1.82, 2.24) is 4.90 Å². The van der Waals surface area contributed by atoms with E-state index >= 15 is 0 Å². The van der Waals surface area contributed by atoms with Crippen LogP contribution in [0.4, 0.5) is 0 Å². The van der Waals surface area contributed by atoms with Crippen LogP contribution < -0.4 is 0 Å². The Hall–Kier alpha value is 0.310. The summed E-state index contributed by atoms with van der Waals surface area (Å²) in [6.07, 6.45) is 0. The summed E-state index contributed by atoms with van der Waals surface area (Å²) in [5, 5.41) is 0. The van der Waals surface area contributed by atoms with E-state index < -0.39 is 0 Å². The van der Waals surface area contributed by atoms with E-state index in [-0.39, 0.29) is 0 Å². The Morgan fingerprint density at radius 1 is 1.33 bits per heavy atom. The summed E-state index contributed by atoms with van der Waals surface area (Å²) in [5.74, 6) is 0.950. The molecule has 0 fully saturated rings. The van der Waals surface area contributed by atoms with Gasteiger partial charge in [-0.15, -0.1) is 0 Å². The van der Waals surface area contributed by atoms with Crippen LogP contribution in [0.3, 0.4) is 0 Å². The van der Waals surface area contributed by atoms with Crippen molar-refractivity contribution in [2.45, 2.75) is 13.8 Å². The van der Waals surface area contributed by atoms with Gasteiger partial charge in [-0.1, -0.05) is 13.8 Å². The van der Waals surface area contributed by atoms with E-state index in [0.717, 1.165) is 12.3 Å². The molecule has 9 heavy (non-hydrogen) atoms. The highest BCUT2D eigenvalue weighted by Crippen LogP contribution is 2.16. The zero-order valence-corrected chi connectivity index (χ0v) is 7.70. The van der Waals surface area contributed by atoms with Crippen molar-refractivity contribution < 1.29 is 0 Å². The fourth-order valence-corrected chi connectivity index (χ4v) is 1.01. The van der Waals surface area contributed by atoms with Crippen molar-refractivity contribution in [3.05, 3.63) is 0 Å². The summed E-state index contributed by atoms with van der Waals surface area (Å²) in [5.41, 5.74) is 0.354. The molecular weight excluding hydrogens is 130 g/mol. The average Bonchev–Trinajstić information content (AvgIpc) is 1.63. The third-order valence-electron chi connectivity index (χ3n) is 1.17. The van der Waals surface area contributed by atoms with Crippen LogP contribution in [0.15, 0.2) is 0 Å². The highest BCUT2D eigenvalue weighted by atomic mass is 32.1. The SMILES string of the molecule is CN(C)CC(C)(C)CS. The maximum Gasteiger partial charge on any atom is 0.00344 e. The molecule has 0 radical (unpaired) electrons. The van der Waals surface area contributed by atoms with Gasteiger partial charge >= 0.3 is 0 Å². The molecule has 0 aliphatic heterocycles. The summed E-state index contributed by atoms with van der Waals surface area (Å²) in [6.45, 7) is 5.55. The molecule has 0 aliphatic rings. The molecular formula is C7H17NS. The first-order chi connectivity index (χ1) is 3.98. The molecule has 0 spiro atoms. The molecule has 0 unspecified atom stereocenters. The summed E-state index contributed by atoms with van der Waals surface area (Å²) in [7, 11) is 4.18. The third-order valence-corrected chi connectivity index (χ3v) is 2.03. The molecule has 0 aromatic carbocycles. The molecule has 0 saturated heterocycles. The Bertz CT molecular complexity index is 79.0. The molecule has 0 aromatic heterocycles. The first-order valence-corrected chi connectivity index (χ1v) is 3.87. The van der Waals surface area contributed by atoms with Crippen molar-refractivity contribution in [2.75, 3.05) is 26.4 Å². The molecule has 56 valence electrons. The Kier molecular flexibility index (Phi) is 3.59. The van der Waals surface area contributed by atoms with E-state index in [4.69, 9.17) is 0 Å². The van der Waals surface area contributed by atoms with Gasteiger partial charge in [0.25, 0.3) is 0 Å². The molecule has 0 N–H and O–H groups in total. The van der Waals surface area contributed by atoms with Gasteiger partial charge < -0.3 is 4.90 Å². The number of hydrogen-bond acceptors (Lipinski definition) is 2. The number of hydrogen-bond donors (Lipinski definition) is 1. The van der Waals surface area contributed by atoms with Gasteiger partial charge in [-0.25, -0.2) is 0 Å². The fourth-order valence-electron chi connectivity index (χ4n) is 0.906. The quantitative estimate of drug-likeness (QED) is 0.592. The zero-order valence-electron chi connectivity index (χ0n) is 6.81. The molecule has 0 aromatic rings. The van der Waals surface area contributed by atoms with Crippen molar-refractivity contribution in [3.8, 4) is 0 Å². The molecule has 0 aliphatic carbocycles. The lowest BCUT2D eigenvalue weighted by Crippen LogP contribution is -2.29. The average molecular weight is 147 g/mol. The fraction of sp³-hybridized carbons (Fsp3) is 1.00. The second kappa shape index (κ2) is 3.47. The van der Waals surface area contributed by atoms with Crippen LogP contribution in [0.2, 0.25) is 0 Å². The van der Waals surface area contributed by atoms with Crippen LogP contribution in [0.1, 0.15) is 13.8 Å². The highest BCUT2D eigenvalue weighted by Gasteiger charge is 2.15. The maximum atomic E-state index is 4.25. The number of nitrogens with zero attached hydrogens (tertiary/aromatic N) is 1. The monoisotopic (exact) mass is 147 g/mol. The van der Waals surface area contributed by atoms with Crippen molar-refractivity contribution in [3.63, 3.8) is 0 Å². The lowest BCUT2D eigenvalue weighted by atomic mass is 9.96. The van der Waals surface area contributed by atoms with Gasteiger partial charge in [0.15, 0.2) is 0 Å². The van der Waals surface area contributed by atoms with Gasteiger partial charge in [-0.05, 0) is 25.3 Å². The maximum absolute atomic E-state index is 4.25. The van der Waals surface area contributed by atoms with Gasteiger partial charge in [-0.2, -0.15) is 12.6 Å². The second-order valence-corrected chi connectivity index (χ2v) is 3.88. The normalized spacial score (nSPS) is 12.7. The Balaban J connectivity index is 3.58. The summed E-state index contributed by atoms with van der Waals surface area (Å²) in [6, 6.07) is 0. The second-order valence-electron chi connectivity index (χ2n) is 3.56. The Morgan fingerprint density at radius 3 is 1.89 bits per heavy atom. The van der Waals surface area contributed by atoms with Gasteiger partial charge in [0.1, 0.15) is 0 Å². The highest BCUT2D eigenvalue weighted by molar-refractivity contribution is 7.80. The van der Waals surface area contributed by atoms with Gasteiger partial charge in [0.05, 0.1) is 0 Å². The summed E-state index contributed by atoms with van der Waals surface area (Å²) in [4.78, 5) is 2.19. The van der Waals surface area contributed by atoms with Crippen LogP contribution in [-0.2, 0) is 0 Å². The molecule has 2 heteroatoms. The Morgan fingerprint density at radius 2 is 1.78 bits per heavy atom. The van der Waals surface area contributed by atoms with Crippen molar-refractivity contribution in [2.24, 2.45) is 5.41 Å². The molecule has 0 atom stereocenters. The smallest absolute Gasteiger partial charge is 0.00344 e. The molecule has 0 saturated carbocycles. The van der Waals surface area contributed by atoms with Crippen LogP contribution >= 0.6 is 12.6 Å². The van der Waals surface area contributed by atoms with Crippen molar-refractivity contribution in [1.29, 1.82) is 0 Å². The minimum absolute atomic E-state index is 0.354. The number of thiol groups is 1.